The summed E-state index contributed by atoms with van der Waals surface area (Å²) in [5.41, 5.74) is 7.87. The highest BCUT2D eigenvalue weighted by Gasteiger charge is 2.17. The van der Waals surface area contributed by atoms with Crippen molar-refractivity contribution in [3.63, 3.8) is 0 Å². The number of nitrogens with two attached hydrogens (primary N) is 1. The molecule has 2 aromatic heterocycles. The number of amides is 1. The van der Waals surface area contributed by atoms with Gasteiger partial charge in [0, 0.05) is 6.20 Å². The average Bonchev–Trinajstić information content (AvgIpc) is 2.68. The van der Waals surface area contributed by atoms with Crippen molar-refractivity contribution in [2.75, 3.05) is 0 Å². The van der Waals surface area contributed by atoms with Gasteiger partial charge in [-0.05, 0) is 30.3 Å². The number of pyridine rings is 2. The van der Waals surface area contributed by atoms with Gasteiger partial charge in [0.2, 0.25) is 5.96 Å². The van der Waals surface area contributed by atoms with Gasteiger partial charge in [0.25, 0.3) is 5.91 Å². The van der Waals surface area contributed by atoms with E-state index in [4.69, 9.17) is 5.73 Å². The lowest BCUT2D eigenvalue weighted by atomic mass is 10.2. The summed E-state index contributed by atoms with van der Waals surface area (Å²) in [7, 11) is 0. The monoisotopic (exact) mass is 239 g/mol. The minimum atomic E-state index is -0.319. The average molecular weight is 239 g/mol. The molecular formula is C12H9N5O. The molecule has 0 unspecified atom stereocenters. The van der Waals surface area contributed by atoms with E-state index in [0.29, 0.717) is 5.69 Å². The molecule has 0 aliphatic carbocycles. The largest absolute Gasteiger partial charge is 0.369 e. The van der Waals surface area contributed by atoms with Crippen LogP contribution in [0.5, 0.6) is 0 Å². The second-order valence-electron chi connectivity index (χ2n) is 3.76. The summed E-state index contributed by atoms with van der Waals surface area (Å²) in [5.74, 6) is -0.214. The predicted octanol–water partition coefficient (Wildman–Crippen LogP) is 0.415. The molecule has 6 nitrogen and oxygen atoms in total. The van der Waals surface area contributed by atoms with E-state index >= 15 is 0 Å². The van der Waals surface area contributed by atoms with Crippen LogP contribution in [0, 0.1) is 0 Å². The van der Waals surface area contributed by atoms with Crippen LogP contribution in [0.3, 0.4) is 0 Å². The molecule has 0 fully saturated rings. The molecule has 0 aromatic carbocycles. The second-order valence-corrected chi connectivity index (χ2v) is 3.76. The van der Waals surface area contributed by atoms with Crippen molar-refractivity contribution in [3.8, 4) is 0 Å². The van der Waals surface area contributed by atoms with Gasteiger partial charge < -0.3 is 5.73 Å². The molecule has 0 spiro atoms. The van der Waals surface area contributed by atoms with E-state index in [1.165, 1.54) is 0 Å². The van der Waals surface area contributed by atoms with Crippen LogP contribution in [-0.2, 0) is 4.79 Å². The molecule has 0 radical (unpaired) electrons. The Kier molecular flexibility index (Phi) is 2.26. The van der Waals surface area contributed by atoms with E-state index in [1.807, 2.05) is 18.2 Å². The van der Waals surface area contributed by atoms with E-state index < -0.39 is 0 Å². The molecule has 3 rings (SSSR count). The van der Waals surface area contributed by atoms with Gasteiger partial charge in [-0.1, -0.05) is 0 Å². The normalized spacial score (nSPS) is 17.0. The Morgan fingerprint density at radius 3 is 2.89 bits per heavy atom. The van der Waals surface area contributed by atoms with Crippen molar-refractivity contribution < 1.29 is 4.79 Å². The molecule has 0 saturated carbocycles. The van der Waals surface area contributed by atoms with E-state index in [-0.39, 0.29) is 17.6 Å². The Labute approximate surface area is 102 Å². The summed E-state index contributed by atoms with van der Waals surface area (Å²) < 4.78 is 0. The number of carbonyl (C=O) groups excluding carboxylic acids is 1. The van der Waals surface area contributed by atoms with E-state index in [9.17, 15) is 4.79 Å². The Balaban J connectivity index is 2.05. The van der Waals surface area contributed by atoms with Crippen LogP contribution in [0.15, 0.2) is 41.2 Å². The third-order valence-electron chi connectivity index (χ3n) is 2.48. The van der Waals surface area contributed by atoms with Crippen molar-refractivity contribution in [2.45, 2.75) is 0 Å². The van der Waals surface area contributed by atoms with Crippen LogP contribution in [-0.4, -0.2) is 21.8 Å². The molecule has 3 N–H and O–H groups in total. The second kappa shape index (κ2) is 3.92. The van der Waals surface area contributed by atoms with Crippen LogP contribution in [0.25, 0.3) is 17.1 Å². The molecule has 1 aliphatic heterocycles. The molecule has 2 aromatic rings. The molecular weight excluding hydrogens is 230 g/mol. The zero-order chi connectivity index (χ0) is 12.5. The highest BCUT2D eigenvalue weighted by Crippen LogP contribution is 2.13. The maximum absolute atomic E-state index is 11.4. The molecule has 0 bridgehead atoms. The highest BCUT2D eigenvalue weighted by atomic mass is 16.2. The molecule has 1 aliphatic rings. The zero-order valence-corrected chi connectivity index (χ0v) is 9.29. The first-order valence-corrected chi connectivity index (χ1v) is 5.31. The number of fused-ring (bicyclic) bond motifs is 1. The number of aliphatic imine (C=N–C) groups is 1. The molecule has 88 valence electrons. The van der Waals surface area contributed by atoms with Crippen molar-refractivity contribution in [1.82, 2.24) is 15.3 Å². The summed E-state index contributed by atoms with van der Waals surface area (Å²) in [5, 5.41) is 2.40. The summed E-state index contributed by atoms with van der Waals surface area (Å²) in [4.78, 5) is 23.9. The summed E-state index contributed by atoms with van der Waals surface area (Å²) in [6, 6.07) is 7.29. The number of aromatic nitrogens is 2. The number of nitrogens with one attached hydrogen (secondary N) is 1. The number of nitrogens with zero attached hydrogens (tertiary/aromatic N) is 3. The molecule has 6 heteroatoms. The van der Waals surface area contributed by atoms with E-state index in [2.05, 4.69) is 20.3 Å². The Morgan fingerprint density at radius 2 is 2.11 bits per heavy atom. The third-order valence-corrected chi connectivity index (χ3v) is 2.48. The van der Waals surface area contributed by atoms with Gasteiger partial charge in [-0.2, -0.15) is 0 Å². The van der Waals surface area contributed by atoms with E-state index in [0.717, 1.165) is 11.0 Å². The van der Waals surface area contributed by atoms with Gasteiger partial charge in [0.05, 0.1) is 16.7 Å². The summed E-state index contributed by atoms with van der Waals surface area (Å²) in [6.07, 6.45) is 3.29. The first kappa shape index (κ1) is 10.4. The Bertz CT molecular complexity index is 704. The Hall–Kier alpha value is -2.76. The third kappa shape index (κ3) is 1.80. The number of rotatable bonds is 1. The molecule has 0 atom stereocenters. The van der Waals surface area contributed by atoms with Crippen LogP contribution in [0.2, 0.25) is 0 Å². The lowest BCUT2D eigenvalue weighted by molar-refractivity contribution is -0.115. The van der Waals surface area contributed by atoms with Crippen LogP contribution < -0.4 is 11.1 Å². The fourth-order valence-corrected chi connectivity index (χ4v) is 1.68. The number of hydrogen-bond donors (Lipinski definition) is 2. The lowest BCUT2D eigenvalue weighted by Gasteiger charge is -1.98. The van der Waals surface area contributed by atoms with Crippen molar-refractivity contribution in [3.05, 3.63) is 41.9 Å². The lowest BCUT2D eigenvalue weighted by Crippen LogP contribution is -2.30. The minimum absolute atomic E-state index is 0.105. The van der Waals surface area contributed by atoms with Crippen molar-refractivity contribution in [1.29, 1.82) is 0 Å². The van der Waals surface area contributed by atoms with Crippen molar-refractivity contribution >= 4 is 29.0 Å². The first-order chi connectivity index (χ1) is 8.72. The molecule has 18 heavy (non-hydrogen) atoms. The maximum atomic E-state index is 11.4. The molecule has 1 amide bonds. The maximum Gasteiger partial charge on any atom is 0.276 e. The van der Waals surface area contributed by atoms with Gasteiger partial charge in [-0.15, -0.1) is 0 Å². The van der Waals surface area contributed by atoms with E-state index in [1.54, 1.807) is 18.3 Å². The van der Waals surface area contributed by atoms with Gasteiger partial charge in [-0.25, -0.2) is 9.98 Å². The standard InChI is InChI=1S/C12H9N5O/c13-12-16-10(11(18)17-12)6-7-3-4-8-9(15-7)2-1-5-14-8/h1-6H,(H3,13,16,17,18). The topological polar surface area (TPSA) is 93.3 Å². The smallest absolute Gasteiger partial charge is 0.276 e. The first-order valence-electron chi connectivity index (χ1n) is 5.31. The summed E-state index contributed by atoms with van der Waals surface area (Å²) in [6.45, 7) is 0. The summed E-state index contributed by atoms with van der Waals surface area (Å²) >= 11 is 0. The van der Waals surface area contributed by atoms with Crippen LogP contribution in [0.4, 0.5) is 0 Å². The SMILES string of the molecule is NC1=NC(=Cc2ccc3ncccc3n2)C(=O)N1. The highest BCUT2D eigenvalue weighted by molar-refractivity contribution is 6.13. The molecule has 3 heterocycles. The van der Waals surface area contributed by atoms with Crippen LogP contribution in [0.1, 0.15) is 5.69 Å². The fourth-order valence-electron chi connectivity index (χ4n) is 1.68. The Morgan fingerprint density at radius 1 is 1.22 bits per heavy atom. The van der Waals surface area contributed by atoms with Crippen LogP contribution >= 0.6 is 0 Å². The van der Waals surface area contributed by atoms with Gasteiger partial charge >= 0.3 is 0 Å². The molecule has 0 saturated heterocycles. The minimum Gasteiger partial charge on any atom is -0.369 e. The van der Waals surface area contributed by atoms with Gasteiger partial charge in [0.1, 0.15) is 5.70 Å². The predicted molar refractivity (Wildman–Crippen MR) is 67.3 cm³/mol. The number of hydrogen-bond acceptors (Lipinski definition) is 5. The van der Waals surface area contributed by atoms with Gasteiger partial charge in [-0.3, -0.25) is 15.1 Å². The fraction of sp³-hybridized carbons (Fsp3) is 0. The van der Waals surface area contributed by atoms with Gasteiger partial charge in [0.15, 0.2) is 0 Å². The quantitative estimate of drug-likeness (QED) is 0.705. The van der Waals surface area contributed by atoms with Crippen molar-refractivity contribution in [2.24, 2.45) is 10.7 Å². The number of carbonyl (C=O) groups is 1. The zero-order valence-electron chi connectivity index (χ0n) is 9.29. The number of guanidine groups is 1.